The molecule has 20 heavy (non-hydrogen) atoms. The van der Waals surface area contributed by atoms with Crippen molar-refractivity contribution in [3.8, 4) is 11.4 Å². The first-order valence-electron chi connectivity index (χ1n) is 6.42. The van der Waals surface area contributed by atoms with Crippen molar-refractivity contribution < 1.29 is 0 Å². The van der Waals surface area contributed by atoms with Gasteiger partial charge in [-0.3, -0.25) is 15.0 Å². The summed E-state index contributed by atoms with van der Waals surface area (Å²) in [6.45, 7) is 5.76. The van der Waals surface area contributed by atoms with Crippen LogP contribution in [0, 0.1) is 6.92 Å². The summed E-state index contributed by atoms with van der Waals surface area (Å²) in [5.41, 5.74) is 11.0. The van der Waals surface area contributed by atoms with Crippen molar-refractivity contribution in [3.63, 3.8) is 0 Å². The van der Waals surface area contributed by atoms with Gasteiger partial charge in [-0.15, -0.1) is 0 Å². The third-order valence-corrected chi connectivity index (χ3v) is 2.94. The largest absolute Gasteiger partial charge is 0.401 e. The zero-order valence-electron chi connectivity index (χ0n) is 12.0. The Morgan fingerprint density at radius 2 is 1.75 bits per heavy atom. The van der Waals surface area contributed by atoms with Crippen LogP contribution in [-0.4, -0.2) is 16.2 Å². The van der Waals surface area contributed by atoms with Crippen LogP contribution < -0.4 is 5.73 Å². The number of pyridine rings is 2. The molecular formula is C16H18N4. The molecule has 0 atom stereocenters. The highest BCUT2D eigenvalue weighted by Gasteiger charge is 2.01. The molecule has 0 fully saturated rings. The SMILES string of the molecule is C/C(N)=C(\C)N=Cc1ccnc(-c2cc(C)ccn2)c1. The number of hydrogen-bond donors (Lipinski definition) is 1. The molecule has 0 unspecified atom stereocenters. The topological polar surface area (TPSA) is 64.2 Å². The fourth-order valence-corrected chi connectivity index (χ4v) is 1.62. The monoisotopic (exact) mass is 266 g/mol. The van der Waals surface area contributed by atoms with Gasteiger partial charge in [-0.2, -0.15) is 0 Å². The van der Waals surface area contributed by atoms with E-state index in [1.54, 1.807) is 18.6 Å². The van der Waals surface area contributed by atoms with Crippen molar-refractivity contribution in [1.82, 2.24) is 9.97 Å². The third-order valence-electron chi connectivity index (χ3n) is 2.94. The molecule has 2 aromatic heterocycles. The molecule has 0 bridgehead atoms. The first-order valence-corrected chi connectivity index (χ1v) is 6.42. The number of nitrogens with zero attached hydrogens (tertiary/aromatic N) is 3. The maximum atomic E-state index is 5.68. The van der Waals surface area contributed by atoms with Crippen molar-refractivity contribution in [2.75, 3.05) is 0 Å². The zero-order valence-corrected chi connectivity index (χ0v) is 12.0. The van der Waals surface area contributed by atoms with Crippen molar-refractivity contribution in [1.29, 1.82) is 0 Å². The number of aliphatic imine (C=N–C) groups is 1. The van der Waals surface area contributed by atoms with Gasteiger partial charge in [0.1, 0.15) is 0 Å². The lowest BCUT2D eigenvalue weighted by molar-refractivity contribution is 1.16. The Labute approximate surface area is 119 Å². The Kier molecular flexibility index (Phi) is 4.25. The number of allylic oxidation sites excluding steroid dienone is 2. The van der Waals surface area contributed by atoms with Crippen LogP contribution in [0.15, 0.2) is 53.0 Å². The molecule has 0 aliphatic rings. The number of hydrogen-bond acceptors (Lipinski definition) is 4. The second kappa shape index (κ2) is 6.10. The van der Waals surface area contributed by atoms with Crippen molar-refractivity contribution in [2.24, 2.45) is 10.7 Å². The minimum Gasteiger partial charge on any atom is -0.401 e. The molecule has 0 radical (unpaired) electrons. The van der Waals surface area contributed by atoms with Gasteiger partial charge >= 0.3 is 0 Å². The molecule has 4 nitrogen and oxygen atoms in total. The molecule has 0 saturated heterocycles. The minimum atomic E-state index is 0.718. The molecule has 4 heteroatoms. The Balaban J connectivity index is 2.31. The van der Waals surface area contributed by atoms with E-state index < -0.39 is 0 Å². The Hall–Kier alpha value is -2.49. The fourth-order valence-electron chi connectivity index (χ4n) is 1.62. The van der Waals surface area contributed by atoms with Gasteiger partial charge in [0, 0.05) is 24.3 Å². The molecule has 0 amide bonds. The van der Waals surface area contributed by atoms with E-state index in [1.807, 2.05) is 45.0 Å². The van der Waals surface area contributed by atoms with Crippen LogP contribution in [0.2, 0.25) is 0 Å². The van der Waals surface area contributed by atoms with Gasteiger partial charge in [-0.1, -0.05) is 0 Å². The molecule has 2 heterocycles. The molecule has 0 aliphatic carbocycles. The highest BCUT2D eigenvalue weighted by Crippen LogP contribution is 2.15. The number of rotatable bonds is 3. The van der Waals surface area contributed by atoms with Gasteiger partial charge in [0.15, 0.2) is 0 Å². The van der Waals surface area contributed by atoms with Crippen LogP contribution in [-0.2, 0) is 0 Å². The molecule has 2 aromatic rings. The summed E-state index contributed by atoms with van der Waals surface area (Å²) < 4.78 is 0. The molecule has 102 valence electrons. The Morgan fingerprint density at radius 3 is 2.40 bits per heavy atom. The normalized spacial score (nSPS) is 12.6. The minimum absolute atomic E-state index is 0.718. The molecule has 2 N–H and O–H groups in total. The van der Waals surface area contributed by atoms with Crippen molar-refractivity contribution in [3.05, 3.63) is 59.2 Å². The number of nitrogens with two attached hydrogens (primary N) is 1. The quantitative estimate of drug-likeness (QED) is 0.868. The smallest absolute Gasteiger partial charge is 0.0892 e. The van der Waals surface area contributed by atoms with E-state index in [1.165, 1.54) is 0 Å². The molecule has 2 rings (SSSR count). The summed E-state index contributed by atoms with van der Waals surface area (Å²) in [7, 11) is 0. The van der Waals surface area contributed by atoms with Gasteiger partial charge < -0.3 is 5.73 Å². The maximum Gasteiger partial charge on any atom is 0.0892 e. The van der Waals surface area contributed by atoms with Crippen LogP contribution in [0.4, 0.5) is 0 Å². The van der Waals surface area contributed by atoms with E-state index >= 15 is 0 Å². The van der Waals surface area contributed by atoms with Gasteiger partial charge in [0.2, 0.25) is 0 Å². The summed E-state index contributed by atoms with van der Waals surface area (Å²) in [6.07, 6.45) is 5.33. The lowest BCUT2D eigenvalue weighted by Crippen LogP contribution is -1.94. The van der Waals surface area contributed by atoms with E-state index in [9.17, 15) is 0 Å². The first kappa shape index (κ1) is 13.9. The summed E-state index contributed by atoms with van der Waals surface area (Å²) >= 11 is 0. The molecule has 0 aromatic carbocycles. The van der Waals surface area contributed by atoms with E-state index in [4.69, 9.17) is 5.73 Å². The number of aryl methyl sites for hydroxylation is 1. The first-order chi connectivity index (χ1) is 9.56. The highest BCUT2D eigenvalue weighted by molar-refractivity contribution is 5.82. The second-order valence-corrected chi connectivity index (χ2v) is 4.72. The third kappa shape index (κ3) is 3.51. The molecule has 0 aliphatic heterocycles. The van der Waals surface area contributed by atoms with E-state index in [-0.39, 0.29) is 0 Å². The molecular weight excluding hydrogens is 248 g/mol. The van der Waals surface area contributed by atoms with Gasteiger partial charge in [0.05, 0.1) is 17.1 Å². The predicted octanol–water partition coefficient (Wildman–Crippen LogP) is 3.08. The van der Waals surface area contributed by atoms with Crippen molar-refractivity contribution >= 4 is 6.21 Å². The Bertz CT molecular complexity index is 668. The number of aromatic nitrogens is 2. The van der Waals surface area contributed by atoms with Crippen molar-refractivity contribution in [2.45, 2.75) is 20.8 Å². The highest BCUT2D eigenvalue weighted by atomic mass is 14.8. The van der Waals surface area contributed by atoms with Crippen LogP contribution >= 0.6 is 0 Å². The van der Waals surface area contributed by atoms with Crippen LogP contribution in [0.5, 0.6) is 0 Å². The van der Waals surface area contributed by atoms with Gasteiger partial charge in [-0.25, -0.2) is 0 Å². The fraction of sp³-hybridized carbons (Fsp3) is 0.188. The maximum absolute atomic E-state index is 5.68. The lowest BCUT2D eigenvalue weighted by atomic mass is 10.1. The van der Waals surface area contributed by atoms with Crippen LogP contribution in [0.25, 0.3) is 11.4 Å². The predicted molar refractivity (Wildman–Crippen MR) is 82.4 cm³/mol. The molecule has 0 saturated carbocycles. The van der Waals surface area contributed by atoms with Gasteiger partial charge in [0.25, 0.3) is 0 Å². The van der Waals surface area contributed by atoms with E-state index in [2.05, 4.69) is 15.0 Å². The lowest BCUT2D eigenvalue weighted by Gasteiger charge is -2.02. The average Bonchev–Trinajstić information content (AvgIpc) is 2.45. The van der Waals surface area contributed by atoms with Gasteiger partial charge in [-0.05, 0) is 56.2 Å². The van der Waals surface area contributed by atoms with Crippen LogP contribution in [0.3, 0.4) is 0 Å². The van der Waals surface area contributed by atoms with E-state index in [0.29, 0.717) is 0 Å². The zero-order chi connectivity index (χ0) is 14.5. The van der Waals surface area contributed by atoms with E-state index in [0.717, 1.165) is 33.9 Å². The summed E-state index contributed by atoms with van der Waals surface area (Å²) in [5, 5.41) is 0. The second-order valence-electron chi connectivity index (χ2n) is 4.72. The standard InChI is InChI=1S/C16H18N4/c1-11-4-6-18-15(8-11)16-9-14(5-7-19-16)10-20-13(3)12(2)17/h4-10H,17H2,1-3H3/b13-12-,20-10?. The Morgan fingerprint density at radius 1 is 1.10 bits per heavy atom. The summed E-state index contributed by atoms with van der Waals surface area (Å²) in [4.78, 5) is 13.0. The summed E-state index contributed by atoms with van der Waals surface area (Å²) in [5.74, 6) is 0. The summed E-state index contributed by atoms with van der Waals surface area (Å²) in [6, 6.07) is 7.85. The molecule has 0 spiro atoms. The average molecular weight is 266 g/mol. The van der Waals surface area contributed by atoms with Crippen LogP contribution in [0.1, 0.15) is 25.0 Å².